The molecule has 0 aliphatic heterocycles. The third-order valence-corrected chi connectivity index (χ3v) is 5.15. The summed E-state index contributed by atoms with van der Waals surface area (Å²) >= 11 is 0. The van der Waals surface area contributed by atoms with Gasteiger partial charge in [-0.2, -0.15) is 0 Å². The lowest BCUT2D eigenvalue weighted by Crippen LogP contribution is -2.38. The van der Waals surface area contributed by atoms with E-state index in [-0.39, 0.29) is 6.10 Å². The van der Waals surface area contributed by atoms with E-state index in [0.717, 1.165) is 31.7 Å². The number of hydrogen-bond donors (Lipinski definition) is 2. The summed E-state index contributed by atoms with van der Waals surface area (Å²) in [6, 6.07) is 9.56. The number of benzene rings is 1. The average Bonchev–Trinajstić information content (AvgIpc) is 3.28. The molecular formula is C19H29NO. The van der Waals surface area contributed by atoms with Crippen molar-refractivity contribution in [2.24, 2.45) is 11.8 Å². The quantitative estimate of drug-likeness (QED) is 0.840. The Balaban J connectivity index is 1.52. The summed E-state index contributed by atoms with van der Waals surface area (Å²) in [6.07, 6.45) is 8.35. The van der Waals surface area contributed by atoms with E-state index >= 15 is 0 Å². The molecule has 3 unspecified atom stereocenters. The lowest BCUT2D eigenvalue weighted by Gasteiger charge is -2.28. The minimum absolute atomic E-state index is 0.0540. The van der Waals surface area contributed by atoms with Gasteiger partial charge in [0.15, 0.2) is 0 Å². The molecule has 3 rings (SSSR count). The molecule has 2 fully saturated rings. The monoisotopic (exact) mass is 287 g/mol. The van der Waals surface area contributed by atoms with Crippen molar-refractivity contribution in [3.8, 4) is 0 Å². The van der Waals surface area contributed by atoms with Crippen molar-refractivity contribution < 1.29 is 5.11 Å². The highest BCUT2D eigenvalue weighted by Gasteiger charge is 2.31. The van der Waals surface area contributed by atoms with Crippen LogP contribution in [0.15, 0.2) is 24.3 Å². The Labute approximate surface area is 129 Å². The SMILES string of the molecule is Cc1cccc(CC(NCC2CCCC(O)C2)C2CC2)c1. The highest BCUT2D eigenvalue weighted by atomic mass is 16.3. The van der Waals surface area contributed by atoms with E-state index in [1.807, 2.05) is 0 Å². The van der Waals surface area contributed by atoms with E-state index in [9.17, 15) is 5.11 Å². The van der Waals surface area contributed by atoms with Gasteiger partial charge in [-0.3, -0.25) is 0 Å². The molecule has 1 aromatic rings. The van der Waals surface area contributed by atoms with Crippen LogP contribution in [0.3, 0.4) is 0 Å². The Bertz CT molecular complexity index is 455. The second-order valence-corrected chi connectivity index (χ2v) is 7.23. The number of nitrogens with one attached hydrogen (secondary N) is 1. The first-order valence-corrected chi connectivity index (χ1v) is 8.67. The molecule has 21 heavy (non-hydrogen) atoms. The molecule has 116 valence electrons. The standard InChI is InChI=1S/C19H29NO/c1-14-4-2-5-15(10-14)12-19(17-8-9-17)20-13-16-6-3-7-18(21)11-16/h2,4-5,10,16-21H,3,6-9,11-13H2,1H3. The zero-order valence-corrected chi connectivity index (χ0v) is 13.2. The van der Waals surface area contributed by atoms with Gasteiger partial charge >= 0.3 is 0 Å². The van der Waals surface area contributed by atoms with Crippen LogP contribution in [-0.4, -0.2) is 23.8 Å². The summed E-state index contributed by atoms with van der Waals surface area (Å²) in [5.41, 5.74) is 2.82. The third kappa shape index (κ3) is 4.55. The minimum Gasteiger partial charge on any atom is -0.393 e. The molecule has 2 N–H and O–H groups in total. The summed E-state index contributed by atoms with van der Waals surface area (Å²) in [5.74, 6) is 1.55. The van der Waals surface area contributed by atoms with Gasteiger partial charge in [-0.15, -0.1) is 0 Å². The minimum atomic E-state index is -0.0540. The largest absolute Gasteiger partial charge is 0.393 e. The van der Waals surface area contributed by atoms with Gasteiger partial charge in [-0.1, -0.05) is 36.2 Å². The Hall–Kier alpha value is -0.860. The lowest BCUT2D eigenvalue weighted by molar-refractivity contribution is 0.0993. The smallest absolute Gasteiger partial charge is 0.0543 e. The molecule has 1 aromatic carbocycles. The van der Waals surface area contributed by atoms with Crippen molar-refractivity contribution in [1.82, 2.24) is 5.32 Å². The molecule has 2 saturated carbocycles. The van der Waals surface area contributed by atoms with Crippen molar-refractivity contribution >= 4 is 0 Å². The van der Waals surface area contributed by atoms with Crippen LogP contribution in [0.5, 0.6) is 0 Å². The van der Waals surface area contributed by atoms with E-state index in [2.05, 4.69) is 36.5 Å². The second-order valence-electron chi connectivity index (χ2n) is 7.23. The highest BCUT2D eigenvalue weighted by molar-refractivity contribution is 5.23. The molecule has 2 heteroatoms. The van der Waals surface area contributed by atoms with Crippen molar-refractivity contribution in [2.75, 3.05) is 6.54 Å². The second kappa shape index (κ2) is 6.93. The van der Waals surface area contributed by atoms with Gasteiger partial charge in [-0.05, 0) is 69.4 Å². The van der Waals surface area contributed by atoms with Gasteiger partial charge in [0.25, 0.3) is 0 Å². The first-order valence-electron chi connectivity index (χ1n) is 8.67. The summed E-state index contributed by atoms with van der Waals surface area (Å²) < 4.78 is 0. The molecular weight excluding hydrogens is 258 g/mol. The highest BCUT2D eigenvalue weighted by Crippen LogP contribution is 2.34. The van der Waals surface area contributed by atoms with Crippen LogP contribution < -0.4 is 5.32 Å². The predicted molar refractivity (Wildman–Crippen MR) is 87.4 cm³/mol. The summed E-state index contributed by atoms with van der Waals surface area (Å²) in [6.45, 7) is 3.26. The van der Waals surface area contributed by atoms with Gasteiger partial charge in [0.05, 0.1) is 6.10 Å². The van der Waals surface area contributed by atoms with Gasteiger partial charge < -0.3 is 10.4 Å². The molecule has 0 amide bonds. The van der Waals surface area contributed by atoms with Crippen molar-refractivity contribution in [3.05, 3.63) is 35.4 Å². The number of hydrogen-bond acceptors (Lipinski definition) is 2. The molecule has 0 aromatic heterocycles. The number of aliphatic hydroxyl groups is 1. The zero-order valence-electron chi connectivity index (χ0n) is 13.2. The molecule has 2 aliphatic rings. The Morgan fingerprint density at radius 3 is 2.81 bits per heavy atom. The third-order valence-electron chi connectivity index (χ3n) is 5.15. The fraction of sp³-hybridized carbons (Fsp3) is 0.684. The van der Waals surface area contributed by atoms with Crippen LogP contribution in [0.4, 0.5) is 0 Å². The maximum Gasteiger partial charge on any atom is 0.0543 e. The van der Waals surface area contributed by atoms with Gasteiger partial charge in [0, 0.05) is 6.04 Å². The molecule has 0 spiro atoms. The van der Waals surface area contributed by atoms with Crippen molar-refractivity contribution in [2.45, 2.75) is 64.0 Å². The zero-order chi connectivity index (χ0) is 14.7. The topological polar surface area (TPSA) is 32.3 Å². The fourth-order valence-electron chi connectivity index (χ4n) is 3.76. The molecule has 0 heterocycles. The van der Waals surface area contributed by atoms with Crippen LogP contribution in [0, 0.1) is 18.8 Å². The van der Waals surface area contributed by atoms with Crippen LogP contribution in [-0.2, 0) is 6.42 Å². The first-order chi connectivity index (χ1) is 10.2. The lowest BCUT2D eigenvalue weighted by atomic mass is 9.87. The summed E-state index contributed by atoms with van der Waals surface area (Å²) in [5, 5.41) is 13.6. The fourth-order valence-corrected chi connectivity index (χ4v) is 3.76. The molecule has 2 aliphatic carbocycles. The van der Waals surface area contributed by atoms with Crippen LogP contribution in [0.25, 0.3) is 0 Å². The summed E-state index contributed by atoms with van der Waals surface area (Å²) in [7, 11) is 0. The van der Waals surface area contributed by atoms with E-state index in [1.54, 1.807) is 0 Å². The molecule has 0 saturated heterocycles. The number of aliphatic hydroxyl groups excluding tert-OH is 1. The van der Waals surface area contributed by atoms with Gasteiger partial charge in [-0.25, -0.2) is 0 Å². The van der Waals surface area contributed by atoms with Crippen LogP contribution >= 0.6 is 0 Å². The van der Waals surface area contributed by atoms with E-state index in [4.69, 9.17) is 0 Å². The maximum absolute atomic E-state index is 9.80. The average molecular weight is 287 g/mol. The summed E-state index contributed by atoms with van der Waals surface area (Å²) in [4.78, 5) is 0. The van der Waals surface area contributed by atoms with Crippen LogP contribution in [0.2, 0.25) is 0 Å². The van der Waals surface area contributed by atoms with E-state index < -0.39 is 0 Å². The first kappa shape index (κ1) is 15.1. The molecule has 2 nitrogen and oxygen atoms in total. The number of aryl methyl sites for hydroxylation is 1. The Morgan fingerprint density at radius 2 is 2.10 bits per heavy atom. The molecule has 0 radical (unpaired) electrons. The predicted octanol–water partition coefficient (Wildman–Crippen LogP) is 3.46. The van der Waals surface area contributed by atoms with Gasteiger partial charge in [0.1, 0.15) is 0 Å². The van der Waals surface area contributed by atoms with Crippen LogP contribution in [0.1, 0.15) is 49.7 Å². The molecule has 0 bridgehead atoms. The Kier molecular flexibility index (Phi) is 4.97. The van der Waals surface area contributed by atoms with Crippen molar-refractivity contribution in [3.63, 3.8) is 0 Å². The van der Waals surface area contributed by atoms with Gasteiger partial charge in [0.2, 0.25) is 0 Å². The normalized spacial score (nSPS) is 27.5. The number of rotatable bonds is 6. The van der Waals surface area contributed by atoms with E-state index in [1.165, 1.54) is 36.8 Å². The molecule has 3 atom stereocenters. The maximum atomic E-state index is 9.80. The Morgan fingerprint density at radius 1 is 1.24 bits per heavy atom. The van der Waals surface area contributed by atoms with E-state index in [0.29, 0.717) is 12.0 Å². The van der Waals surface area contributed by atoms with Crippen molar-refractivity contribution in [1.29, 1.82) is 0 Å².